The van der Waals surface area contributed by atoms with Crippen molar-refractivity contribution in [1.82, 2.24) is 0 Å². The normalized spacial score (nSPS) is 12.9. The highest BCUT2D eigenvalue weighted by Gasteiger charge is 2.37. The number of hydrogen-bond acceptors (Lipinski definition) is 2. The van der Waals surface area contributed by atoms with E-state index in [2.05, 4.69) is 0 Å². The Hall–Kier alpha value is -2.51. The van der Waals surface area contributed by atoms with Gasteiger partial charge in [-0.05, 0) is 46.9 Å². The number of phenolic OH excluding ortho intramolecular Hbond substituents is 1. The zero-order valence-corrected chi connectivity index (χ0v) is 14.6. The van der Waals surface area contributed by atoms with Gasteiger partial charge in [-0.15, -0.1) is 0 Å². The molecule has 0 aromatic heterocycles. The van der Waals surface area contributed by atoms with Crippen molar-refractivity contribution in [2.24, 2.45) is 0 Å². The molecule has 2 rings (SSSR count). The second-order valence-electron chi connectivity index (χ2n) is 7.12. The number of carbonyl (C=O) groups is 1. The van der Waals surface area contributed by atoms with Crippen LogP contribution in [0.3, 0.4) is 0 Å². The SMILES string of the molecule is CC(C)(C)c1cc(C=O)c(O)c(-c2cc(C(F)(F)F)cc(C(F)(F)F)c2)c1. The smallest absolute Gasteiger partial charge is 0.416 e. The number of alkyl halides is 6. The topological polar surface area (TPSA) is 37.3 Å². The van der Waals surface area contributed by atoms with Crippen LogP contribution in [0, 0.1) is 0 Å². The maximum Gasteiger partial charge on any atom is 0.416 e. The molecule has 2 aromatic carbocycles. The van der Waals surface area contributed by atoms with Gasteiger partial charge in [0, 0.05) is 5.56 Å². The van der Waals surface area contributed by atoms with E-state index in [0.717, 1.165) is 0 Å². The van der Waals surface area contributed by atoms with Crippen molar-refractivity contribution in [3.63, 3.8) is 0 Å². The van der Waals surface area contributed by atoms with Crippen molar-refractivity contribution in [2.45, 2.75) is 38.5 Å². The molecular weight excluding hydrogens is 374 g/mol. The quantitative estimate of drug-likeness (QED) is 0.489. The Morgan fingerprint density at radius 1 is 0.778 bits per heavy atom. The van der Waals surface area contributed by atoms with Gasteiger partial charge in [-0.2, -0.15) is 26.3 Å². The molecule has 0 aliphatic rings. The van der Waals surface area contributed by atoms with Crippen LogP contribution in [0.5, 0.6) is 5.75 Å². The lowest BCUT2D eigenvalue weighted by Crippen LogP contribution is -2.13. The van der Waals surface area contributed by atoms with Crippen LogP contribution in [0.25, 0.3) is 11.1 Å². The molecule has 0 amide bonds. The zero-order chi connectivity index (χ0) is 20.8. The number of carbonyl (C=O) groups excluding carboxylic acids is 1. The Labute approximate surface area is 151 Å². The molecule has 0 atom stereocenters. The van der Waals surface area contributed by atoms with Crippen molar-refractivity contribution in [3.05, 3.63) is 52.6 Å². The van der Waals surface area contributed by atoms with Gasteiger partial charge < -0.3 is 5.11 Å². The first kappa shape index (κ1) is 20.8. The Kier molecular flexibility index (Phi) is 5.07. The summed E-state index contributed by atoms with van der Waals surface area (Å²) < 4.78 is 78.5. The molecule has 0 unspecified atom stereocenters. The lowest BCUT2D eigenvalue weighted by molar-refractivity contribution is -0.143. The van der Waals surface area contributed by atoms with Gasteiger partial charge >= 0.3 is 12.4 Å². The van der Waals surface area contributed by atoms with Gasteiger partial charge in [0.2, 0.25) is 0 Å². The number of halogens is 6. The van der Waals surface area contributed by atoms with Gasteiger partial charge in [-0.3, -0.25) is 4.79 Å². The number of phenols is 1. The van der Waals surface area contributed by atoms with Crippen LogP contribution in [0.1, 0.15) is 47.8 Å². The van der Waals surface area contributed by atoms with E-state index in [0.29, 0.717) is 24.0 Å². The molecule has 0 aliphatic heterocycles. The molecule has 27 heavy (non-hydrogen) atoms. The van der Waals surface area contributed by atoms with Crippen LogP contribution in [-0.2, 0) is 17.8 Å². The third-order valence-corrected chi connectivity index (χ3v) is 4.03. The van der Waals surface area contributed by atoms with Crippen LogP contribution in [0.15, 0.2) is 30.3 Å². The summed E-state index contributed by atoms with van der Waals surface area (Å²) in [7, 11) is 0. The fourth-order valence-electron chi connectivity index (χ4n) is 2.51. The predicted molar refractivity (Wildman–Crippen MR) is 87.6 cm³/mol. The largest absolute Gasteiger partial charge is 0.507 e. The zero-order valence-electron chi connectivity index (χ0n) is 14.6. The van der Waals surface area contributed by atoms with E-state index >= 15 is 0 Å². The fraction of sp³-hybridized carbons (Fsp3) is 0.316. The molecule has 2 nitrogen and oxygen atoms in total. The number of benzene rings is 2. The molecule has 0 bridgehead atoms. The molecule has 0 spiro atoms. The summed E-state index contributed by atoms with van der Waals surface area (Å²) in [6, 6.07) is 3.69. The first-order chi connectivity index (χ1) is 12.1. The highest BCUT2D eigenvalue weighted by atomic mass is 19.4. The number of aldehydes is 1. The lowest BCUT2D eigenvalue weighted by Gasteiger charge is -2.22. The maximum absolute atomic E-state index is 13.1. The van der Waals surface area contributed by atoms with Gasteiger partial charge in [-0.1, -0.05) is 20.8 Å². The fourth-order valence-corrected chi connectivity index (χ4v) is 2.51. The summed E-state index contributed by atoms with van der Waals surface area (Å²) in [6.07, 6.45) is -9.73. The standard InChI is InChI=1S/C19H16F6O2/c1-17(2,3)12-6-11(9-26)16(27)15(8-12)10-4-13(18(20,21)22)7-14(5-10)19(23,24)25/h4-9,27H,1-3H3. The first-order valence-corrected chi connectivity index (χ1v) is 7.77. The maximum atomic E-state index is 13.1. The minimum absolute atomic E-state index is 0.00872. The van der Waals surface area contributed by atoms with Crippen LogP contribution >= 0.6 is 0 Å². The van der Waals surface area contributed by atoms with E-state index < -0.39 is 40.2 Å². The molecule has 0 aliphatic carbocycles. The van der Waals surface area contributed by atoms with Crippen molar-refractivity contribution >= 4 is 6.29 Å². The second kappa shape index (κ2) is 6.58. The van der Waals surface area contributed by atoms with Crippen molar-refractivity contribution in [3.8, 4) is 16.9 Å². The lowest BCUT2D eigenvalue weighted by atomic mass is 9.83. The third-order valence-electron chi connectivity index (χ3n) is 4.03. The molecule has 146 valence electrons. The molecule has 0 saturated heterocycles. The Bertz CT molecular complexity index is 841. The summed E-state index contributed by atoms with van der Waals surface area (Å²) in [5.74, 6) is -0.676. The van der Waals surface area contributed by atoms with E-state index in [1.165, 1.54) is 12.1 Å². The average molecular weight is 390 g/mol. The van der Waals surface area contributed by atoms with E-state index in [9.17, 15) is 36.2 Å². The monoisotopic (exact) mass is 390 g/mol. The molecule has 0 heterocycles. The van der Waals surface area contributed by atoms with E-state index in [-0.39, 0.29) is 17.2 Å². The van der Waals surface area contributed by atoms with Gasteiger partial charge in [0.1, 0.15) is 5.75 Å². The van der Waals surface area contributed by atoms with E-state index in [4.69, 9.17) is 0 Å². The molecular formula is C19H16F6O2. The van der Waals surface area contributed by atoms with Gasteiger partial charge in [-0.25, -0.2) is 0 Å². The third kappa shape index (κ3) is 4.43. The molecule has 1 N–H and O–H groups in total. The Morgan fingerprint density at radius 2 is 1.26 bits per heavy atom. The van der Waals surface area contributed by atoms with Gasteiger partial charge in [0.25, 0.3) is 0 Å². The summed E-state index contributed by atoms with van der Waals surface area (Å²) in [5.41, 5.74) is -4.06. The summed E-state index contributed by atoms with van der Waals surface area (Å²) in [5, 5.41) is 10.2. The van der Waals surface area contributed by atoms with Crippen LogP contribution < -0.4 is 0 Å². The van der Waals surface area contributed by atoms with E-state index in [1.54, 1.807) is 20.8 Å². The van der Waals surface area contributed by atoms with Gasteiger partial charge in [0.05, 0.1) is 16.7 Å². The molecule has 0 radical (unpaired) electrons. The predicted octanol–water partition coefficient (Wildman–Crippen LogP) is 6.21. The molecule has 0 saturated carbocycles. The first-order valence-electron chi connectivity index (χ1n) is 7.77. The highest BCUT2D eigenvalue weighted by molar-refractivity contribution is 5.87. The van der Waals surface area contributed by atoms with Crippen LogP contribution in [0.2, 0.25) is 0 Å². The van der Waals surface area contributed by atoms with Crippen molar-refractivity contribution in [2.75, 3.05) is 0 Å². The minimum atomic E-state index is -5.01. The van der Waals surface area contributed by atoms with E-state index in [1.807, 2.05) is 0 Å². The van der Waals surface area contributed by atoms with Crippen LogP contribution in [-0.4, -0.2) is 11.4 Å². The van der Waals surface area contributed by atoms with Crippen molar-refractivity contribution < 1.29 is 36.2 Å². The second-order valence-corrected chi connectivity index (χ2v) is 7.12. The average Bonchev–Trinajstić information content (AvgIpc) is 2.51. The summed E-state index contributed by atoms with van der Waals surface area (Å²) in [6.45, 7) is 5.26. The Balaban J connectivity index is 2.86. The molecule has 0 fully saturated rings. The number of aromatic hydroxyl groups is 1. The van der Waals surface area contributed by atoms with Crippen LogP contribution in [0.4, 0.5) is 26.3 Å². The summed E-state index contributed by atoms with van der Waals surface area (Å²) in [4.78, 5) is 11.2. The van der Waals surface area contributed by atoms with Gasteiger partial charge in [0.15, 0.2) is 6.29 Å². The molecule has 8 heteroatoms. The number of rotatable bonds is 2. The minimum Gasteiger partial charge on any atom is -0.507 e. The summed E-state index contributed by atoms with van der Waals surface area (Å²) >= 11 is 0. The molecule has 2 aromatic rings. The highest BCUT2D eigenvalue weighted by Crippen LogP contribution is 2.42. The number of hydrogen-bond donors (Lipinski definition) is 1. The van der Waals surface area contributed by atoms with Crippen molar-refractivity contribution in [1.29, 1.82) is 0 Å². The Morgan fingerprint density at radius 3 is 1.63 bits per heavy atom.